The Morgan fingerprint density at radius 2 is 2.23 bits per heavy atom. The van der Waals surface area contributed by atoms with Crippen molar-refractivity contribution in [3.63, 3.8) is 0 Å². The highest BCUT2D eigenvalue weighted by Gasteiger charge is 2.13. The molecule has 0 saturated carbocycles. The van der Waals surface area contributed by atoms with Crippen LogP contribution in [0.3, 0.4) is 0 Å². The molecule has 72 valence electrons. The lowest BCUT2D eigenvalue weighted by atomic mass is 10.1. The Balaban J connectivity index is 3.22. The van der Waals surface area contributed by atoms with Crippen LogP contribution in [0.25, 0.3) is 0 Å². The number of nitrogens with zero attached hydrogens (tertiary/aromatic N) is 1. The Kier molecular flexibility index (Phi) is 3.03. The Morgan fingerprint density at radius 1 is 1.62 bits per heavy atom. The quantitative estimate of drug-likeness (QED) is 0.756. The molecule has 0 aromatic carbocycles. The van der Waals surface area contributed by atoms with Gasteiger partial charge in [-0.05, 0) is 24.1 Å². The Bertz CT molecular complexity index is 315. The van der Waals surface area contributed by atoms with E-state index >= 15 is 0 Å². The van der Waals surface area contributed by atoms with E-state index in [0.717, 1.165) is 0 Å². The molecule has 0 atom stereocenters. The summed E-state index contributed by atoms with van der Waals surface area (Å²) in [6.45, 7) is 1.70. The maximum atomic E-state index is 12.2. The van der Waals surface area contributed by atoms with E-state index in [1.54, 1.807) is 6.92 Å². The van der Waals surface area contributed by atoms with E-state index in [1.165, 1.54) is 6.07 Å². The number of hydrogen-bond acceptors (Lipinski definition) is 2. The summed E-state index contributed by atoms with van der Waals surface area (Å²) in [6, 6.07) is 1.28. The van der Waals surface area contributed by atoms with Gasteiger partial charge in [0, 0.05) is 5.88 Å². The summed E-state index contributed by atoms with van der Waals surface area (Å²) in [5.74, 6) is 0.284. The van der Waals surface area contributed by atoms with Crippen LogP contribution in [0.15, 0.2) is 6.07 Å². The second-order valence-corrected chi connectivity index (χ2v) is 2.92. The smallest absolute Gasteiger partial charge is 0.280 e. The van der Waals surface area contributed by atoms with Gasteiger partial charge in [-0.25, -0.2) is 13.8 Å². The number of anilines is 1. The molecule has 5 heteroatoms. The molecule has 1 aromatic heterocycles. The van der Waals surface area contributed by atoms with Gasteiger partial charge in [0.25, 0.3) is 6.43 Å². The molecule has 1 aromatic rings. The summed E-state index contributed by atoms with van der Waals surface area (Å²) in [5, 5.41) is 0. The van der Waals surface area contributed by atoms with Crippen LogP contribution in [0.5, 0.6) is 0 Å². The van der Waals surface area contributed by atoms with Crippen molar-refractivity contribution >= 4 is 17.4 Å². The molecule has 0 bridgehead atoms. The van der Waals surface area contributed by atoms with E-state index in [0.29, 0.717) is 11.1 Å². The Hall–Kier alpha value is -0.900. The second-order valence-electron chi connectivity index (χ2n) is 2.65. The van der Waals surface area contributed by atoms with Gasteiger partial charge in [-0.3, -0.25) is 0 Å². The zero-order chi connectivity index (χ0) is 10.0. The van der Waals surface area contributed by atoms with E-state index in [9.17, 15) is 8.78 Å². The fraction of sp³-hybridized carbons (Fsp3) is 0.375. The molecule has 0 aliphatic carbocycles. The van der Waals surface area contributed by atoms with E-state index in [4.69, 9.17) is 17.3 Å². The van der Waals surface area contributed by atoms with Crippen molar-refractivity contribution in [1.29, 1.82) is 0 Å². The number of halogens is 3. The molecule has 0 aliphatic rings. The normalized spacial score (nSPS) is 10.8. The number of nitrogens with two attached hydrogens (primary N) is 1. The third-order valence-electron chi connectivity index (χ3n) is 1.81. The average Bonchev–Trinajstić information content (AvgIpc) is 2.09. The summed E-state index contributed by atoms with van der Waals surface area (Å²) < 4.78 is 24.5. The predicted molar refractivity (Wildman–Crippen MR) is 47.9 cm³/mol. The van der Waals surface area contributed by atoms with Gasteiger partial charge < -0.3 is 5.73 Å². The molecular weight excluding hydrogens is 198 g/mol. The molecule has 1 rings (SSSR count). The number of hydrogen-bond donors (Lipinski definition) is 1. The number of pyridine rings is 1. The molecule has 2 N–H and O–H groups in total. The van der Waals surface area contributed by atoms with Crippen LogP contribution in [0, 0.1) is 6.92 Å². The van der Waals surface area contributed by atoms with Crippen molar-refractivity contribution in [2.45, 2.75) is 19.2 Å². The summed E-state index contributed by atoms with van der Waals surface area (Å²) in [4.78, 5) is 3.55. The summed E-state index contributed by atoms with van der Waals surface area (Å²) in [7, 11) is 0. The number of alkyl halides is 3. The highest BCUT2D eigenvalue weighted by atomic mass is 35.5. The van der Waals surface area contributed by atoms with Crippen molar-refractivity contribution in [2.75, 3.05) is 5.73 Å². The van der Waals surface area contributed by atoms with Crippen LogP contribution in [0.1, 0.15) is 23.2 Å². The standard InChI is InChI=1S/C8H9ClF2N2/c1-4-5(3-9)2-6(7(10)11)13-8(4)12/h2,7H,3H2,1H3,(H2,12,13). The molecule has 2 nitrogen and oxygen atoms in total. The number of nitrogen functional groups attached to an aromatic ring is 1. The zero-order valence-corrected chi connectivity index (χ0v) is 7.78. The molecule has 0 amide bonds. The fourth-order valence-electron chi connectivity index (χ4n) is 0.957. The fourth-order valence-corrected chi connectivity index (χ4v) is 1.23. The molecule has 0 spiro atoms. The first-order valence-electron chi connectivity index (χ1n) is 3.66. The largest absolute Gasteiger partial charge is 0.383 e. The summed E-state index contributed by atoms with van der Waals surface area (Å²) in [6.07, 6.45) is -2.61. The van der Waals surface area contributed by atoms with Crippen molar-refractivity contribution in [3.8, 4) is 0 Å². The summed E-state index contributed by atoms with van der Waals surface area (Å²) in [5.41, 5.74) is 6.38. The van der Waals surface area contributed by atoms with Gasteiger partial charge in [0.2, 0.25) is 0 Å². The average molecular weight is 207 g/mol. The molecule has 1 heterocycles. The molecule has 0 radical (unpaired) electrons. The van der Waals surface area contributed by atoms with Crippen LogP contribution in [-0.2, 0) is 5.88 Å². The van der Waals surface area contributed by atoms with Crippen molar-refractivity contribution in [1.82, 2.24) is 4.98 Å². The third kappa shape index (κ3) is 2.06. The molecule has 0 unspecified atom stereocenters. The van der Waals surface area contributed by atoms with Crippen molar-refractivity contribution in [3.05, 3.63) is 22.9 Å². The van der Waals surface area contributed by atoms with Crippen LogP contribution in [-0.4, -0.2) is 4.98 Å². The lowest BCUT2D eigenvalue weighted by molar-refractivity contribution is 0.146. The maximum absolute atomic E-state index is 12.2. The molecular formula is C8H9ClF2N2. The Labute approximate surface area is 79.7 Å². The van der Waals surface area contributed by atoms with Gasteiger partial charge in [0.1, 0.15) is 11.5 Å². The SMILES string of the molecule is Cc1c(CCl)cc(C(F)F)nc1N. The van der Waals surface area contributed by atoms with E-state index in [2.05, 4.69) is 4.98 Å². The van der Waals surface area contributed by atoms with Crippen LogP contribution < -0.4 is 5.73 Å². The number of aromatic nitrogens is 1. The molecule has 13 heavy (non-hydrogen) atoms. The van der Waals surface area contributed by atoms with Crippen LogP contribution in [0.4, 0.5) is 14.6 Å². The van der Waals surface area contributed by atoms with E-state index < -0.39 is 6.43 Å². The third-order valence-corrected chi connectivity index (χ3v) is 2.09. The highest BCUT2D eigenvalue weighted by Crippen LogP contribution is 2.23. The van der Waals surface area contributed by atoms with Gasteiger partial charge in [-0.15, -0.1) is 11.6 Å². The van der Waals surface area contributed by atoms with Crippen LogP contribution in [0.2, 0.25) is 0 Å². The maximum Gasteiger partial charge on any atom is 0.280 e. The topological polar surface area (TPSA) is 38.9 Å². The van der Waals surface area contributed by atoms with Crippen molar-refractivity contribution in [2.24, 2.45) is 0 Å². The van der Waals surface area contributed by atoms with E-state index in [1.807, 2.05) is 0 Å². The lowest BCUT2D eigenvalue weighted by Crippen LogP contribution is -2.02. The molecule has 0 aliphatic heterocycles. The number of rotatable bonds is 2. The van der Waals surface area contributed by atoms with Gasteiger partial charge in [-0.1, -0.05) is 0 Å². The van der Waals surface area contributed by atoms with Gasteiger partial charge in [0.15, 0.2) is 0 Å². The Morgan fingerprint density at radius 3 is 2.69 bits per heavy atom. The van der Waals surface area contributed by atoms with Crippen LogP contribution >= 0.6 is 11.6 Å². The van der Waals surface area contributed by atoms with Gasteiger partial charge in [-0.2, -0.15) is 0 Å². The van der Waals surface area contributed by atoms with Gasteiger partial charge >= 0.3 is 0 Å². The zero-order valence-electron chi connectivity index (χ0n) is 7.02. The minimum atomic E-state index is -2.61. The summed E-state index contributed by atoms with van der Waals surface area (Å²) >= 11 is 5.55. The molecule has 0 fully saturated rings. The van der Waals surface area contributed by atoms with Crippen molar-refractivity contribution < 1.29 is 8.78 Å². The van der Waals surface area contributed by atoms with Gasteiger partial charge in [0.05, 0.1) is 0 Å². The second kappa shape index (κ2) is 3.87. The molecule has 0 saturated heterocycles. The monoisotopic (exact) mass is 206 g/mol. The minimum absolute atomic E-state index is 0.119. The first-order valence-corrected chi connectivity index (χ1v) is 4.19. The first kappa shape index (κ1) is 10.2. The lowest BCUT2D eigenvalue weighted by Gasteiger charge is -2.07. The first-order chi connectivity index (χ1) is 6.06. The minimum Gasteiger partial charge on any atom is -0.383 e. The highest BCUT2D eigenvalue weighted by molar-refractivity contribution is 6.17. The predicted octanol–water partition coefficient (Wildman–Crippen LogP) is 2.65. The van der Waals surface area contributed by atoms with E-state index in [-0.39, 0.29) is 17.4 Å².